The van der Waals surface area contributed by atoms with Crippen molar-refractivity contribution in [1.29, 1.82) is 0 Å². The van der Waals surface area contributed by atoms with E-state index < -0.39 is 0 Å². The molecule has 1 aliphatic heterocycles. The summed E-state index contributed by atoms with van der Waals surface area (Å²) in [6.07, 6.45) is 2.37. The van der Waals surface area contributed by atoms with E-state index in [9.17, 15) is 5.11 Å². The van der Waals surface area contributed by atoms with E-state index in [0.717, 1.165) is 6.54 Å². The minimum atomic E-state index is -0.260. The van der Waals surface area contributed by atoms with Gasteiger partial charge in [-0.25, -0.2) is 0 Å². The van der Waals surface area contributed by atoms with Crippen molar-refractivity contribution >= 4 is 5.69 Å². The fourth-order valence-corrected chi connectivity index (χ4v) is 2.40. The number of anilines is 1. The number of nitrogens with one attached hydrogen (secondary N) is 1. The van der Waals surface area contributed by atoms with E-state index in [1.807, 2.05) is 13.8 Å². The summed E-state index contributed by atoms with van der Waals surface area (Å²) < 4.78 is 0. The average molecular weight is 262 g/mol. The second-order valence-corrected chi connectivity index (χ2v) is 5.80. The van der Waals surface area contributed by atoms with E-state index in [2.05, 4.69) is 34.5 Å². The van der Waals surface area contributed by atoms with Gasteiger partial charge in [-0.05, 0) is 36.5 Å². The van der Waals surface area contributed by atoms with E-state index in [1.54, 1.807) is 0 Å². The summed E-state index contributed by atoms with van der Waals surface area (Å²) in [4.78, 5) is 2.44. The van der Waals surface area contributed by atoms with Crippen molar-refractivity contribution in [2.75, 3.05) is 24.5 Å². The van der Waals surface area contributed by atoms with Crippen LogP contribution in [0.4, 0.5) is 5.69 Å². The molecule has 0 saturated carbocycles. The monoisotopic (exact) mass is 262 g/mol. The van der Waals surface area contributed by atoms with Crippen molar-refractivity contribution in [3.05, 3.63) is 29.8 Å². The lowest BCUT2D eigenvalue weighted by molar-refractivity contribution is 0.123. The predicted molar refractivity (Wildman–Crippen MR) is 80.4 cm³/mol. The lowest BCUT2D eigenvalue weighted by Crippen LogP contribution is -2.30. The molecular formula is C16H26N2O. The van der Waals surface area contributed by atoms with Gasteiger partial charge in [0.1, 0.15) is 0 Å². The van der Waals surface area contributed by atoms with Crippen molar-refractivity contribution in [1.82, 2.24) is 5.32 Å². The molecule has 1 heterocycles. The van der Waals surface area contributed by atoms with Gasteiger partial charge >= 0.3 is 0 Å². The van der Waals surface area contributed by atoms with Crippen LogP contribution in [0.25, 0.3) is 0 Å². The van der Waals surface area contributed by atoms with Gasteiger partial charge in [-0.15, -0.1) is 0 Å². The van der Waals surface area contributed by atoms with E-state index in [-0.39, 0.29) is 6.10 Å². The highest BCUT2D eigenvalue weighted by Gasteiger charge is 2.12. The summed E-state index contributed by atoms with van der Waals surface area (Å²) in [5.74, 6) is 0.310. The zero-order valence-corrected chi connectivity index (χ0v) is 12.1. The summed E-state index contributed by atoms with van der Waals surface area (Å²) in [7, 11) is 0. The molecule has 1 fully saturated rings. The first kappa shape index (κ1) is 14.4. The molecule has 19 heavy (non-hydrogen) atoms. The fourth-order valence-electron chi connectivity index (χ4n) is 2.40. The Balaban J connectivity index is 1.78. The standard InChI is InChI=1S/C16H26N2O/c1-13(2)16(19)12-17-11-14-5-7-15(8-6-14)18-9-3-4-10-18/h5-8,13,16-17,19H,3-4,9-12H2,1-2H3. The maximum absolute atomic E-state index is 9.72. The Hall–Kier alpha value is -1.06. The molecular weight excluding hydrogens is 236 g/mol. The van der Waals surface area contributed by atoms with Gasteiger partial charge in [0.15, 0.2) is 0 Å². The van der Waals surface area contributed by atoms with Crippen LogP contribution in [0, 0.1) is 5.92 Å². The zero-order valence-electron chi connectivity index (χ0n) is 12.1. The molecule has 1 aromatic rings. The van der Waals surface area contributed by atoms with Gasteiger partial charge < -0.3 is 15.3 Å². The molecule has 3 heteroatoms. The SMILES string of the molecule is CC(C)C(O)CNCc1ccc(N2CCCC2)cc1. The number of nitrogens with zero attached hydrogens (tertiary/aromatic N) is 1. The fraction of sp³-hybridized carbons (Fsp3) is 0.625. The van der Waals surface area contributed by atoms with E-state index >= 15 is 0 Å². The first-order valence-corrected chi connectivity index (χ1v) is 7.39. The Morgan fingerprint density at radius 1 is 1.16 bits per heavy atom. The van der Waals surface area contributed by atoms with Crippen molar-refractivity contribution < 1.29 is 5.11 Å². The number of aliphatic hydroxyl groups is 1. The molecule has 0 spiro atoms. The van der Waals surface area contributed by atoms with Gasteiger partial charge in [0, 0.05) is 31.9 Å². The highest BCUT2D eigenvalue weighted by atomic mass is 16.3. The van der Waals surface area contributed by atoms with E-state index in [0.29, 0.717) is 12.5 Å². The van der Waals surface area contributed by atoms with Crippen molar-refractivity contribution in [2.45, 2.75) is 39.3 Å². The molecule has 1 aliphatic rings. The second-order valence-electron chi connectivity index (χ2n) is 5.80. The number of hydrogen-bond acceptors (Lipinski definition) is 3. The molecule has 106 valence electrons. The molecule has 2 N–H and O–H groups in total. The summed E-state index contributed by atoms with van der Waals surface area (Å²) in [6, 6.07) is 8.78. The smallest absolute Gasteiger partial charge is 0.0687 e. The molecule has 0 radical (unpaired) electrons. The highest BCUT2D eigenvalue weighted by Crippen LogP contribution is 2.20. The summed E-state index contributed by atoms with van der Waals surface area (Å²) in [5.41, 5.74) is 2.61. The Labute approximate surface area is 116 Å². The van der Waals surface area contributed by atoms with Crippen molar-refractivity contribution in [3.8, 4) is 0 Å². The van der Waals surface area contributed by atoms with Crippen LogP contribution in [0.15, 0.2) is 24.3 Å². The minimum absolute atomic E-state index is 0.260. The molecule has 1 unspecified atom stereocenters. The average Bonchev–Trinajstić information content (AvgIpc) is 2.93. The van der Waals surface area contributed by atoms with Crippen LogP contribution in [0.5, 0.6) is 0 Å². The van der Waals surface area contributed by atoms with Gasteiger partial charge in [-0.2, -0.15) is 0 Å². The highest BCUT2D eigenvalue weighted by molar-refractivity contribution is 5.48. The molecule has 3 nitrogen and oxygen atoms in total. The summed E-state index contributed by atoms with van der Waals surface area (Å²) >= 11 is 0. The number of aliphatic hydroxyl groups excluding tert-OH is 1. The Morgan fingerprint density at radius 2 is 1.79 bits per heavy atom. The van der Waals surface area contributed by atoms with Crippen LogP contribution in [0.1, 0.15) is 32.3 Å². The predicted octanol–water partition coefficient (Wildman–Crippen LogP) is 2.39. The normalized spacial score (nSPS) is 17.2. The molecule has 1 atom stereocenters. The lowest BCUT2D eigenvalue weighted by Gasteiger charge is -2.18. The second kappa shape index (κ2) is 6.92. The molecule has 0 aliphatic carbocycles. The molecule has 0 bridgehead atoms. The Kier molecular flexibility index (Phi) is 5.23. The van der Waals surface area contributed by atoms with Gasteiger partial charge in [-0.3, -0.25) is 0 Å². The van der Waals surface area contributed by atoms with E-state index in [4.69, 9.17) is 0 Å². The Morgan fingerprint density at radius 3 is 2.37 bits per heavy atom. The topological polar surface area (TPSA) is 35.5 Å². The zero-order chi connectivity index (χ0) is 13.7. The minimum Gasteiger partial charge on any atom is -0.392 e. The maximum atomic E-state index is 9.72. The largest absolute Gasteiger partial charge is 0.392 e. The first-order chi connectivity index (χ1) is 9.16. The summed E-state index contributed by atoms with van der Waals surface area (Å²) in [6.45, 7) is 7.94. The quantitative estimate of drug-likeness (QED) is 0.826. The van der Waals surface area contributed by atoms with Crippen LogP contribution in [0.2, 0.25) is 0 Å². The Bertz CT molecular complexity index is 369. The van der Waals surface area contributed by atoms with Crippen LogP contribution >= 0.6 is 0 Å². The number of hydrogen-bond donors (Lipinski definition) is 2. The van der Waals surface area contributed by atoms with Crippen LogP contribution < -0.4 is 10.2 Å². The van der Waals surface area contributed by atoms with Gasteiger partial charge in [0.2, 0.25) is 0 Å². The third-order valence-electron chi connectivity index (χ3n) is 3.86. The lowest BCUT2D eigenvalue weighted by atomic mass is 10.1. The van der Waals surface area contributed by atoms with Gasteiger partial charge in [0.05, 0.1) is 6.10 Å². The molecule has 2 rings (SSSR count). The third-order valence-corrected chi connectivity index (χ3v) is 3.86. The molecule has 1 aromatic carbocycles. The first-order valence-electron chi connectivity index (χ1n) is 7.39. The van der Waals surface area contributed by atoms with E-state index in [1.165, 1.54) is 37.2 Å². The third kappa shape index (κ3) is 4.22. The molecule has 0 aromatic heterocycles. The number of rotatable bonds is 6. The van der Waals surface area contributed by atoms with Crippen LogP contribution in [-0.4, -0.2) is 30.8 Å². The number of benzene rings is 1. The molecule has 0 amide bonds. The van der Waals surface area contributed by atoms with Gasteiger partial charge in [0.25, 0.3) is 0 Å². The van der Waals surface area contributed by atoms with Crippen LogP contribution in [-0.2, 0) is 6.54 Å². The maximum Gasteiger partial charge on any atom is 0.0687 e. The van der Waals surface area contributed by atoms with Gasteiger partial charge in [-0.1, -0.05) is 26.0 Å². The summed E-state index contributed by atoms with van der Waals surface area (Å²) in [5, 5.41) is 13.0. The van der Waals surface area contributed by atoms with Crippen LogP contribution in [0.3, 0.4) is 0 Å². The van der Waals surface area contributed by atoms with Crippen molar-refractivity contribution in [2.24, 2.45) is 5.92 Å². The molecule has 1 saturated heterocycles. The van der Waals surface area contributed by atoms with Crippen molar-refractivity contribution in [3.63, 3.8) is 0 Å².